The zero-order chi connectivity index (χ0) is 19.0. The molecule has 3 heterocycles. The average Bonchev–Trinajstić information content (AvgIpc) is 3.10. The maximum Gasteiger partial charge on any atom is 0.356 e. The van der Waals surface area contributed by atoms with Gasteiger partial charge in [0.15, 0.2) is 5.70 Å². The van der Waals surface area contributed by atoms with Crippen LogP contribution in [0.3, 0.4) is 0 Å². The summed E-state index contributed by atoms with van der Waals surface area (Å²) < 4.78 is 23.3. The summed E-state index contributed by atoms with van der Waals surface area (Å²) in [4.78, 5) is 25.2. The predicted molar refractivity (Wildman–Crippen MR) is 87.7 cm³/mol. The lowest BCUT2D eigenvalue weighted by Gasteiger charge is -2.46. The van der Waals surface area contributed by atoms with Crippen LogP contribution in [-0.2, 0) is 19.1 Å². The van der Waals surface area contributed by atoms with Crippen LogP contribution in [0.25, 0.3) is 0 Å². The first-order valence-corrected chi connectivity index (χ1v) is 8.89. The van der Waals surface area contributed by atoms with E-state index in [1.165, 1.54) is 11.8 Å². The summed E-state index contributed by atoms with van der Waals surface area (Å²) >= 11 is 0. The molecule has 2 saturated heterocycles. The van der Waals surface area contributed by atoms with Gasteiger partial charge < -0.3 is 25.0 Å². The molecule has 0 aliphatic carbocycles. The van der Waals surface area contributed by atoms with Crippen LogP contribution in [0.5, 0.6) is 0 Å². The largest absolute Gasteiger partial charge is 0.491 e. The van der Waals surface area contributed by atoms with Crippen LogP contribution in [0.2, 0.25) is 0 Å². The van der Waals surface area contributed by atoms with Crippen molar-refractivity contribution in [3.8, 4) is 0 Å². The summed E-state index contributed by atoms with van der Waals surface area (Å²) in [7, 11) is 0. The minimum Gasteiger partial charge on any atom is -0.491 e. The number of aliphatic hydroxyl groups is 1. The number of nitrogens with one attached hydrogen (secondary N) is 1. The van der Waals surface area contributed by atoms with Gasteiger partial charge in [-0.05, 0) is 6.92 Å². The number of carbonyl (C=O) groups is 2. The van der Waals surface area contributed by atoms with Gasteiger partial charge in [-0.1, -0.05) is 6.92 Å². The van der Waals surface area contributed by atoms with Crippen molar-refractivity contribution < 1.29 is 33.7 Å². The summed E-state index contributed by atoms with van der Waals surface area (Å²) in [5, 5.41) is 22.6. The first kappa shape index (κ1) is 19.1. The minimum atomic E-state index is -1.21. The maximum absolute atomic E-state index is 12.3. The number of carboxylic acids is 1. The molecule has 2 fully saturated rings. The van der Waals surface area contributed by atoms with Crippen LogP contribution in [0.1, 0.15) is 20.3 Å². The van der Waals surface area contributed by atoms with Crippen LogP contribution in [-0.4, -0.2) is 77.7 Å². The lowest BCUT2D eigenvalue weighted by molar-refractivity contribution is -0.163. The topological polar surface area (TPSA) is 108 Å². The van der Waals surface area contributed by atoms with E-state index in [1.807, 2.05) is 6.92 Å². The molecule has 6 atom stereocenters. The maximum atomic E-state index is 12.3. The van der Waals surface area contributed by atoms with Crippen molar-refractivity contribution in [1.82, 2.24) is 10.2 Å². The van der Waals surface area contributed by atoms with E-state index in [2.05, 4.69) is 5.32 Å². The Bertz CT molecular complexity index is 610. The quantitative estimate of drug-likeness (QED) is 0.402. The van der Waals surface area contributed by atoms with Gasteiger partial charge in [0.1, 0.15) is 18.5 Å². The molecule has 26 heavy (non-hydrogen) atoms. The Morgan fingerprint density at radius 3 is 2.85 bits per heavy atom. The fourth-order valence-corrected chi connectivity index (χ4v) is 4.14. The van der Waals surface area contributed by atoms with E-state index in [0.717, 1.165) is 0 Å². The van der Waals surface area contributed by atoms with Gasteiger partial charge in [0, 0.05) is 24.9 Å². The molecule has 0 bridgehead atoms. The zero-order valence-corrected chi connectivity index (χ0v) is 14.9. The summed E-state index contributed by atoms with van der Waals surface area (Å²) in [6.45, 7) is 3.75. The third-order valence-corrected chi connectivity index (χ3v) is 5.33. The van der Waals surface area contributed by atoms with Gasteiger partial charge in [-0.3, -0.25) is 9.69 Å². The average molecular weight is 372 g/mol. The highest BCUT2D eigenvalue weighted by molar-refractivity contribution is 5.99. The molecule has 3 rings (SSSR count). The SMILES string of the molecule is C[C@@H](O)[C@H]1C(=O)N2C(C(=O)O)=C(O[C@@H]3CN[C@H](COCCF)C3)[C@H](C)[C@@H]12. The monoisotopic (exact) mass is 372 g/mol. The van der Waals surface area contributed by atoms with Crippen molar-refractivity contribution in [2.75, 3.05) is 26.4 Å². The zero-order valence-electron chi connectivity index (χ0n) is 14.9. The lowest BCUT2D eigenvalue weighted by atomic mass is 9.79. The fraction of sp³-hybridized carbons (Fsp3) is 0.765. The second kappa shape index (κ2) is 7.50. The molecule has 0 saturated carbocycles. The summed E-state index contributed by atoms with van der Waals surface area (Å²) in [5.41, 5.74) is -0.124. The molecule has 0 aromatic carbocycles. The van der Waals surface area contributed by atoms with Gasteiger partial charge in [0.25, 0.3) is 0 Å². The predicted octanol–water partition coefficient (Wildman–Crippen LogP) is -0.127. The normalized spacial score (nSPS) is 34.7. The molecule has 3 aliphatic rings. The van der Waals surface area contributed by atoms with Gasteiger partial charge >= 0.3 is 5.97 Å². The molecule has 3 N–H and O–H groups in total. The molecule has 0 spiro atoms. The summed E-state index contributed by atoms with van der Waals surface area (Å²) in [6, 6.07) is -0.373. The van der Waals surface area contributed by atoms with E-state index in [4.69, 9.17) is 9.47 Å². The number of amides is 1. The van der Waals surface area contributed by atoms with Crippen molar-refractivity contribution >= 4 is 11.9 Å². The Morgan fingerprint density at radius 2 is 2.23 bits per heavy atom. The van der Waals surface area contributed by atoms with Crippen molar-refractivity contribution in [2.45, 2.75) is 44.6 Å². The van der Waals surface area contributed by atoms with E-state index in [0.29, 0.717) is 19.6 Å². The molecule has 146 valence electrons. The van der Waals surface area contributed by atoms with E-state index in [-0.39, 0.29) is 48.1 Å². The van der Waals surface area contributed by atoms with Crippen LogP contribution in [0.15, 0.2) is 11.5 Å². The first-order valence-electron chi connectivity index (χ1n) is 8.89. The van der Waals surface area contributed by atoms with Gasteiger partial charge in [-0.15, -0.1) is 0 Å². The second-order valence-electron chi connectivity index (χ2n) is 7.12. The number of carbonyl (C=O) groups excluding carboxylic acids is 1. The summed E-state index contributed by atoms with van der Waals surface area (Å²) in [5.74, 6) is -2.21. The smallest absolute Gasteiger partial charge is 0.356 e. The molecule has 3 aliphatic heterocycles. The molecular formula is C17H25FN2O6. The number of aliphatic hydroxyl groups excluding tert-OH is 1. The van der Waals surface area contributed by atoms with Gasteiger partial charge in [-0.25, -0.2) is 9.18 Å². The lowest BCUT2D eigenvalue weighted by Crippen LogP contribution is -2.63. The Labute approximate surface area is 150 Å². The Balaban J connectivity index is 1.69. The fourth-order valence-electron chi connectivity index (χ4n) is 4.14. The molecule has 0 unspecified atom stereocenters. The van der Waals surface area contributed by atoms with Gasteiger partial charge in [0.05, 0.1) is 31.3 Å². The Hall–Kier alpha value is -1.71. The number of aliphatic carboxylic acids is 1. The first-order chi connectivity index (χ1) is 12.4. The van der Waals surface area contributed by atoms with Crippen LogP contribution in [0.4, 0.5) is 4.39 Å². The van der Waals surface area contributed by atoms with E-state index in [9.17, 15) is 24.2 Å². The number of alkyl halides is 1. The Morgan fingerprint density at radius 1 is 1.50 bits per heavy atom. The van der Waals surface area contributed by atoms with E-state index < -0.39 is 24.7 Å². The number of fused-ring (bicyclic) bond motifs is 1. The van der Waals surface area contributed by atoms with Gasteiger partial charge in [0.2, 0.25) is 5.91 Å². The number of rotatable bonds is 8. The highest BCUT2D eigenvalue weighted by Crippen LogP contribution is 2.47. The molecular weight excluding hydrogens is 347 g/mol. The van der Waals surface area contributed by atoms with Crippen LogP contribution >= 0.6 is 0 Å². The van der Waals surface area contributed by atoms with Crippen molar-refractivity contribution in [2.24, 2.45) is 11.8 Å². The number of halogens is 1. The van der Waals surface area contributed by atoms with E-state index in [1.54, 1.807) is 0 Å². The minimum absolute atomic E-state index is 0.0148. The number of carboxylic acid groups (broad SMARTS) is 1. The molecule has 0 radical (unpaired) electrons. The second-order valence-corrected chi connectivity index (χ2v) is 7.12. The number of ether oxygens (including phenoxy) is 2. The number of nitrogens with zero attached hydrogens (tertiary/aromatic N) is 1. The standard InChI is InChI=1S/C17H25FN2O6/c1-8-13-12(9(2)21)16(22)20(13)14(17(23)24)15(8)26-11-5-10(19-6-11)7-25-4-3-18/h8-13,19,21H,3-7H2,1-2H3,(H,23,24)/t8-,9-,10+,11+,12-,13+/m1/s1. The van der Waals surface area contributed by atoms with E-state index >= 15 is 0 Å². The highest BCUT2D eigenvalue weighted by Gasteiger charge is 2.61. The van der Waals surface area contributed by atoms with Crippen molar-refractivity contribution in [1.29, 1.82) is 0 Å². The third-order valence-electron chi connectivity index (χ3n) is 5.33. The van der Waals surface area contributed by atoms with Crippen LogP contribution in [0, 0.1) is 11.8 Å². The van der Waals surface area contributed by atoms with Crippen LogP contribution < -0.4 is 5.32 Å². The molecule has 8 nitrogen and oxygen atoms in total. The number of β-lactam (4-membered cyclic amide) rings is 1. The Kier molecular flexibility index (Phi) is 5.50. The molecule has 0 aromatic rings. The molecule has 0 aromatic heterocycles. The van der Waals surface area contributed by atoms with Crippen molar-refractivity contribution in [3.05, 3.63) is 11.5 Å². The van der Waals surface area contributed by atoms with Crippen molar-refractivity contribution in [3.63, 3.8) is 0 Å². The van der Waals surface area contributed by atoms with Gasteiger partial charge in [-0.2, -0.15) is 0 Å². The third kappa shape index (κ3) is 3.19. The molecule has 9 heteroatoms. The summed E-state index contributed by atoms with van der Waals surface area (Å²) in [6.07, 6.45) is -0.487. The highest BCUT2D eigenvalue weighted by atomic mass is 19.1. The number of hydrogen-bond acceptors (Lipinski definition) is 6. The number of hydrogen-bond donors (Lipinski definition) is 3. The molecule has 1 amide bonds.